The van der Waals surface area contributed by atoms with Crippen LogP contribution in [0.25, 0.3) is 0 Å². The van der Waals surface area contributed by atoms with Crippen molar-refractivity contribution >= 4 is 11.8 Å². The number of carbonyl (C=O) groups excluding carboxylic acids is 2. The summed E-state index contributed by atoms with van der Waals surface area (Å²) in [4.78, 5) is 25.6. The Bertz CT molecular complexity index is 340. The molecule has 2 rings (SSSR count). The maximum Gasteiger partial charge on any atom is 0.243 e. The van der Waals surface area contributed by atoms with E-state index < -0.39 is 0 Å². The van der Waals surface area contributed by atoms with Gasteiger partial charge in [-0.25, -0.2) is 0 Å². The summed E-state index contributed by atoms with van der Waals surface area (Å²) in [6, 6.07) is 0.218. The van der Waals surface area contributed by atoms with E-state index in [-0.39, 0.29) is 17.9 Å². The van der Waals surface area contributed by atoms with Crippen LogP contribution in [0.5, 0.6) is 0 Å². The molecule has 1 heterocycles. The van der Waals surface area contributed by atoms with Crippen LogP contribution in [0.2, 0.25) is 0 Å². The molecule has 106 valence electrons. The smallest absolute Gasteiger partial charge is 0.243 e. The van der Waals surface area contributed by atoms with Gasteiger partial charge in [0.2, 0.25) is 11.8 Å². The largest absolute Gasteiger partial charge is 0.350 e. The van der Waals surface area contributed by atoms with E-state index in [1.807, 2.05) is 4.90 Å². The lowest BCUT2D eigenvalue weighted by atomic mass is 9.85. The number of carbonyl (C=O) groups is 2. The Morgan fingerprint density at radius 1 is 1.05 bits per heavy atom. The van der Waals surface area contributed by atoms with Gasteiger partial charge in [0.05, 0.1) is 0 Å². The summed E-state index contributed by atoms with van der Waals surface area (Å²) >= 11 is 0. The molecular weight excluding hydrogens is 240 g/mol. The standard InChI is InChI=1S/C15H24N2O2/c1-2-14(18)16-13-8-6-12(7-9-13)15(19)17-10-4-3-5-11-17/h2,12-13H,1,3-11H2,(H,16,18). The molecule has 1 N–H and O–H groups in total. The fourth-order valence-electron chi connectivity index (χ4n) is 3.12. The van der Waals surface area contributed by atoms with E-state index in [9.17, 15) is 9.59 Å². The van der Waals surface area contributed by atoms with Crippen molar-refractivity contribution in [3.63, 3.8) is 0 Å². The first-order valence-electron chi connectivity index (χ1n) is 7.42. The van der Waals surface area contributed by atoms with Gasteiger partial charge in [0.15, 0.2) is 0 Å². The van der Waals surface area contributed by atoms with Crippen molar-refractivity contribution in [2.24, 2.45) is 5.92 Å². The summed E-state index contributed by atoms with van der Waals surface area (Å²) in [5.74, 6) is 0.411. The van der Waals surface area contributed by atoms with Gasteiger partial charge in [0, 0.05) is 25.0 Å². The van der Waals surface area contributed by atoms with Crippen LogP contribution in [0.1, 0.15) is 44.9 Å². The number of hydrogen-bond donors (Lipinski definition) is 1. The highest BCUT2D eigenvalue weighted by Gasteiger charge is 2.30. The Morgan fingerprint density at radius 2 is 1.68 bits per heavy atom. The highest BCUT2D eigenvalue weighted by Crippen LogP contribution is 2.27. The molecule has 0 unspecified atom stereocenters. The zero-order valence-electron chi connectivity index (χ0n) is 11.6. The Morgan fingerprint density at radius 3 is 2.26 bits per heavy atom. The first-order chi connectivity index (χ1) is 9.20. The number of piperidine rings is 1. The molecule has 2 fully saturated rings. The van der Waals surface area contributed by atoms with Gasteiger partial charge >= 0.3 is 0 Å². The minimum atomic E-state index is -0.106. The number of nitrogens with zero attached hydrogens (tertiary/aromatic N) is 1. The second kappa shape index (κ2) is 6.73. The summed E-state index contributed by atoms with van der Waals surface area (Å²) in [5, 5.41) is 2.93. The SMILES string of the molecule is C=CC(=O)NC1CCC(C(=O)N2CCCCC2)CC1. The van der Waals surface area contributed by atoms with Crippen LogP contribution in [0.3, 0.4) is 0 Å². The minimum Gasteiger partial charge on any atom is -0.350 e. The molecule has 0 atom stereocenters. The van der Waals surface area contributed by atoms with Crippen molar-refractivity contribution in [2.75, 3.05) is 13.1 Å². The molecule has 0 bridgehead atoms. The summed E-state index contributed by atoms with van der Waals surface area (Å²) in [5.41, 5.74) is 0. The van der Waals surface area contributed by atoms with Crippen molar-refractivity contribution in [3.8, 4) is 0 Å². The van der Waals surface area contributed by atoms with Crippen molar-refractivity contribution in [1.82, 2.24) is 10.2 Å². The second-order valence-corrected chi connectivity index (χ2v) is 5.65. The number of likely N-dealkylation sites (tertiary alicyclic amines) is 1. The highest BCUT2D eigenvalue weighted by atomic mass is 16.2. The third kappa shape index (κ3) is 3.82. The van der Waals surface area contributed by atoms with Gasteiger partial charge in [-0.05, 0) is 51.0 Å². The van der Waals surface area contributed by atoms with Gasteiger partial charge in [-0.15, -0.1) is 0 Å². The number of rotatable bonds is 3. The van der Waals surface area contributed by atoms with Gasteiger partial charge in [-0.3, -0.25) is 9.59 Å². The maximum absolute atomic E-state index is 12.4. The zero-order chi connectivity index (χ0) is 13.7. The van der Waals surface area contributed by atoms with Crippen LogP contribution in [0.15, 0.2) is 12.7 Å². The molecule has 0 aromatic rings. The van der Waals surface area contributed by atoms with Crippen LogP contribution < -0.4 is 5.32 Å². The number of amides is 2. The number of hydrogen-bond acceptors (Lipinski definition) is 2. The summed E-state index contributed by atoms with van der Waals surface area (Å²) in [6.07, 6.45) is 8.48. The molecule has 4 nitrogen and oxygen atoms in total. The fourth-order valence-corrected chi connectivity index (χ4v) is 3.12. The van der Waals surface area contributed by atoms with Crippen LogP contribution in [-0.2, 0) is 9.59 Å². The first-order valence-corrected chi connectivity index (χ1v) is 7.42. The lowest BCUT2D eigenvalue weighted by molar-refractivity contribution is -0.137. The fraction of sp³-hybridized carbons (Fsp3) is 0.733. The van der Waals surface area contributed by atoms with E-state index in [4.69, 9.17) is 0 Å². The predicted octanol–water partition coefficient (Wildman–Crippen LogP) is 1.86. The molecule has 4 heteroatoms. The third-order valence-corrected chi connectivity index (χ3v) is 4.28. The molecule has 0 aromatic carbocycles. The van der Waals surface area contributed by atoms with Crippen LogP contribution in [0.4, 0.5) is 0 Å². The lowest BCUT2D eigenvalue weighted by Gasteiger charge is -2.34. The van der Waals surface area contributed by atoms with Crippen molar-refractivity contribution < 1.29 is 9.59 Å². The Labute approximate surface area is 115 Å². The van der Waals surface area contributed by atoms with Gasteiger partial charge in [-0.2, -0.15) is 0 Å². The zero-order valence-corrected chi connectivity index (χ0v) is 11.6. The molecule has 2 aliphatic rings. The van der Waals surface area contributed by atoms with Gasteiger partial charge in [0.1, 0.15) is 0 Å². The number of nitrogens with one attached hydrogen (secondary N) is 1. The normalized spacial score (nSPS) is 27.7. The summed E-state index contributed by atoms with van der Waals surface area (Å²) in [7, 11) is 0. The molecule has 0 radical (unpaired) electrons. The van der Waals surface area contributed by atoms with Crippen molar-refractivity contribution in [3.05, 3.63) is 12.7 Å². The van der Waals surface area contributed by atoms with E-state index >= 15 is 0 Å². The van der Waals surface area contributed by atoms with Crippen LogP contribution in [0, 0.1) is 5.92 Å². The predicted molar refractivity (Wildman–Crippen MR) is 74.5 cm³/mol. The monoisotopic (exact) mass is 264 g/mol. The minimum absolute atomic E-state index is 0.106. The van der Waals surface area contributed by atoms with E-state index in [1.54, 1.807) is 0 Å². The van der Waals surface area contributed by atoms with Crippen LogP contribution >= 0.6 is 0 Å². The average molecular weight is 264 g/mol. The molecule has 1 saturated carbocycles. The molecule has 0 aromatic heterocycles. The molecular formula is C15H24N2O2. The molecule has 1 aliphatic heterocycles. The topological polar surface area (TPSA) is 49.4 Å². The molecule has 1 saturated heterocycles. The second-order valence-electron chi connectivity index (χ2n) is 5.65. The quantitative estimate of drug-likeness (QED) is 0.791. The Kier molecular flexibility index (Phi) is 5.00. The molecule has 0 spiro atoms. The maximum atomic E-state index is 12.4. The van der Waals surface area contributed by atoms with E-state index in [0.717, 1.165) is 51.6 Å². The van der Waals surface area contributed by atoms with Crippen molar-refractivity contribution in [2.45, 2.75) is 51.0 Å². The summed E-state index contributed by atoms with van der Waals surface area (Å²) < 4.78 is 0. The highest BCUT2D eigenvalue weighted by molar-refractivity contribution is 5.87. The van der Waals surface area contributed by atoms with E-state index in [1.165, 1.54) is 12.5 Å². The van der Waals surface area contributed by atoms with Gasteiger partial charge < -0.3 is 10.2 Å². The lowest BCUT2D eigenvalue weighted by Crippen LogP contribution is -2.43. The Hall–Kier alpha value is -1.32. The van der Waals surface area contributed by atoms with E-state index in [2.05, 4.69) is 11.9 Å². The summed E-state index contributed by atoms with van der Waals surface area (Å²) in [6.45, 7) is 5.33. The van der Waals surface area contributed by atoms with E-state index in [0.29, 0.717) is 5.91 Å². The van der Waals surface area contributed by atoms with Crippen molar-refractivity contribution in [1.29, 1.82) is 0 Å². The third-order valence-electron chi connectivity index (χ3n) is 4.28. The van der Waals surface area contributed by atoms with Gasteiger partial charge in [0.25, 0.3) is 0 Å². The van der Waals surface area contributed by atoms with Gasteiger partial charge in [-0.1, -0.05) is 6.58 Å². The van der Waals surface area contributed by atoms with Crippen LogP contribution in [-0.4, -0.2) is 35.8 Å². The average Bonchev–Trinajstić information content (AvgIpc) is 2.48. The Balaban J connectivity index is 1.77. The molecule has 19 heavy (non-hydrogen) atoms. The molecule has 2 amide bonds. The first kappa shape index (κ1) is 14.1. The molecule has 1 aliphatic carbocycles.